The zero-order chi connectivity index (χ0) is 8.10. The lowest BCUT2D eigenvalue weighted by Gasteiger charge is -1.95. The van der Waals surface area contributed by atoms with Crippen LogP contribution in [-0.2, 0) is 4.74 Å². The minimum absolute atomic E-state index is 0.329. The topological polar surface area (TPSA) is 33.0 Å². The molecule has 0 aromatic rings. The lowest BCUT2D eigenvalue weighted by atomic mass is 10.3. The van der Waals surface area contributed by atoms with E-state index < -0.39 is 5.83 Å². The summed E-state index contributed by atoms with van der Waals surface area (Å²) in [5.74, 6) is -0.0704. The summed E-state index contributed by atoms with van der Waals surface area (Å²) in [6.07, 6.45) is 7.76. The Kier molecular flexibility index (Phi) is 2.45. The Morgan fingerprint density at radius 1 is 1.64 bits per heavy atom. The third kappa shape index (κ3) is 2.26. The molecule has 0 heterocycles. The second-order valence-electron chi connectivity index (χ2n) is 1.99. The lowest BCUT2D eigenvalue weighted by Crippen LogP contribution is -1.82. The highest BCUT2D eigenvalue weighted by Crippen LogP contribution is 2.13. The Labute approximate surface area is 63.9 Å². The molecule has 1 rings (SSSR count). The minimum atomic E-state index is -0.399. The summed E-state index contributed by atoms with van der Waals surface area (Å²) in [4.78, 5) is 0. The van der Waals surface area contributed by atoms with Gasteiger partial charge in [0.05, 0.1) is 0 Å². The number of halogens is 1. The van der Waals surface area contributed by atoms with Gasteiger partial charge in [-0.25, -0.2) is 4.39 Å². The van der Waals surface area contributed by atoms with Crippen molar-refractivity contribution in [3.8, 4) is 6.26 Å². The van der Waals surface area contributed by atoms with Crippen molar-refractivity contribution in [3.05, 3.63) is 35.9 Å². The molecule has 2 nitrogen and oxygen atoms in total. The van der Waals surface area contributed by atoms with E-state index in [1.807, 2.05) is 0 Å². The van der Waals surface area contributed by atoms with Gasteiger partial charge in [-0.1, -0.05) is 12.2 Å². The van der Waals surface area contributed by atoms with Crippen molar-refractivity contribution in [1.29, 1.82) is 5.26 Å². The molecule has 0 aliphatic heterocycles. The zero-order valence-corrected chi connectivity index (χ0v) is 5.75. The highest BCUT2D eigenvalue weighted by molar-refractivity contribution is 5.25. The van der Waals surface area contributed by atoms with Crippen molar-refractivity contribution < 1.29 is 9.13 Å². The van der Waals surface area contributed by atoms with E-state index in [0.717, 1.165) is 0 Å². The minimum Gasteiger partial charge on any atom is -0.392 e. The van der Waals surface area contributed by atoms with Crippen LogP contribution in [0.4, 0.5) is 4.39 Å². The smallest absolute Gasteiger partial charge is 0.291 e. The molecule has 0 spiro atoms. The third-order valence-electron chi connectivity index (χ3n) is 1.19. The monoisotopic (exact) mass is 151 g/mol. The summed E-state index contributed by atoms with van der Waals surface area (Å²) in [5, 5.41) is 8.12. The molecular weight excluding hydrogens is 145 g/mol. The van der Waals surface area contributed by atoms with Gasteiger partial charge in [0.1, 0.15) is 11.6 Å². The van der Waals surface area contributed by atoms with Gasteiger partial charge in [0.25, 0.3) is 6.26 Å². The maximum absolute atomic E-state index is 12.6. The Hall–Kier alpha value is -1.56. The molecule has 3 heteroatoms. The second-order valence-corrected chi connectivity index (χ2v) is 1.99. The summed E-state index contributed by atoms with van der Waals surface area (Å²) in [5.41, 5.74) is 0. The van der Waals surface area contributed by atoms with Gasteiger partial charge in [-0.2, -0.15) is 0 Å². The van der Waals surface area contributed by atoms with Crippen LogP contribution >= 0.6 is 0 Å². The predicted octanol–water partition coefficient (Wildman–Crippen LogP) is 2.18. The van der Waals surface area contributed by atoms with Crippen molar-refractivity contribution in [3.63, 3.8) is 0 Å². The van der Waals surface area contributed by atoms with Gasteiger partial charge in [0.2, 0.25) is 0 Å². The van der Waals surface area contributed by atoms with Crippen LogP contribution in [0.25, 0.3) is 0 Å². The molecular formula is C8H6FNO. The predicted molar refractivity (Wildman–Crippen MR) is 37.7 cm³/mol. The standard InChI is InChI=1S/C8H6FNO/c9-7-3-1-2-4-8(5-7)11-6-10/h1-3,5H,4H2. The summed E-state index contributed by atoms with van der Waals surface area (Å²) in [6, 6.07) is 0. The third-order valence-corrected chi connectivity index (χ3v) is 1.19. The van der Waals surface area contributed by atoms with Crippen molar-refractivity contribution in [2.75, 3.05) is 0 Å². The fourth-order valence-electron chi connectivity index (χ4n) is 0.735. The first-order chi connectivity index (χ1) is 5.33. The Morgan fingerprint density at radius 2 is 2.45 bits per heavy atom. The van der Waals surface area contributed by atoms with E-state index in [9.17, 15) is 4.39 Å². The molecule has 0 aromatic carbocycles. The van der Waals surface area contributed by atoms with Gasteiger partial charge >= 0.3 is 0 Å². The van der Waals surface area contributed by atoms with E-state index in [0.29, 0.717) is 12.2 Å². The first-order valence-corrected chi connectivity index (χ1v) is 3.12. The van der Waals surface area contributed by atoms with Crippen LogP contribution in [0, 0.1) is 11.5 Å². The Balaban J connectivity index is 2.75. The van der Waals surface area contributed by atoms with Crippen molar-refractivity contribution in [2.45, 2.75) is 6.42 Å². The van der Waals surface area contributed by atoms with Crippen LogP contribution in [0.15, 0.2) is 35.9 Å². The summed E-state index contributed by atoms with van der Waals surface area (Å²) in [6.45, 7) is 0. The fourth-order valence-corrected chi connectivity index (χ4v) is 0.735. The largest absolute Gasteiger partial charge is 0.392 e. The van der Waals surface area contributed by atoms with Crippen LogP contribution in [0.2, 0.25) is 0 Å². The molecule has 11 heavy (non-hydrogen) atoms. The fraction of sp³-hybridized carbons (Fsp3) is 0.125. The van der Waals surface area contributed by atoms with Crippen LogP contribution in [0.5, 0.6) is 0 Å². The van der Waals surface area contributed by atoms with Crippen molar-refractivity contribution in [2.24, 2.45) is 0 Å². The number of hydrogen-bond acceptors (Lipinski definition) is 2. The van der Waals surface area contributed by atoms with Gasteiger partial charge in [-0.05, 0) is 6.08 Å². The van der Waals surface area contributed by atoms with Crippen LogP contribution < -0.4 is 0 Å². The maximum Gasteiger partial charge on any atom is 0.291 e. The number of rotatable bonds is 1. The second kappa shape index (κ2) is 3.57. The van der Waals surface area contributed by atoms with Gasteiger partial charge in [0.15, 0.2) is 0 Å². The quantitative estimate of drug-likeness (QED) is 0.538. The van der Waals surface area contributed by atoms with Gasteiger partial charge in [0, 0.05) is 12.5 Å². The van der Waals surface area contributed by atoms with Crippen LogP contribution in [-0.4, -0.2) is 0 Å². The van der Waals surface area contributed by atoms with Crippen LogP contribution in [0.1, 0.15) is 6.42 Å². The number of ether oxygens (including phenoxy) is 1. The van der Waals surface area contributed by atoms with E-state index in [4.69, 9.17) is 5.26 Å². The molecule has 0 unspecified atom stereocenters. The van der Waals surface area contributed by atoms with E-state index in [-0.39, 0.29) is 0 Å². The van der Waals surface area contributed by atoms with Crippen molar-refractivity contribution >= 4 is 0 Å². The molecule has 0 bridgehead atoms. The molecule has 0 atom stereocenters. The molecule has 0 amide bonds. The summed E-state index contributed by atoms with van der Waals surface area (Å²) < 4.78 is 17.0. The lowest BCUT2D eigenvalue weighted by molar-refractivity contribution is 0.364. The van der Waals surface area contributed by atoms with Gasteiger partial charge in [-0.15, -0.1) is 5.26 Å². The zero-order valence-electron chi connectivity index (χ0n) is 5.75. The Morgan fingerprint density at radius 3 is 3.18 bits per heavy atom. The maximum atomic E-state index is 12.6. The summed E-state index contributed by atoms with van der Waals surface area (Å²) in [7, 11) is 0. The van der Waals surface area contributed by atoms with Gasteiger partial charge < -0.3 is 4.74 Å². The number of nitriles is 1. The number of nitrogens with zero attached hydrogens (tertiary/aromatic N) is 1. The molecule has 0 radical (unpaired) electrons. The number of hydrogen-bond donors (Lipinski definition) is 0. The first kappa shape index (κ1) is 7.55. The molecule has 0 saturated carbocycles. The molecule has 56 valence electrons. The van der Waals surface area contributed by atoms with Gasteiger partial charge in [-0.3, -0.25) is 0 Å². The highest BCUT2D eigenvalue weighted by atomic mass is 19.1. The van der Waals surface area contributed by atoms with E-state index >= 15 is 0 Å². The van der Waals surface area contributed by atoms with E-state index in [1.54, 1.807) is 12.2 Å². The molecule has 0 saturated heterocycles. The Bertz CT molecular complexity index is 270. The summed E-state index contributed by atoms with van der Waals surface area (Å²) >= 11 is 0. The SMILES string of the molecule is N#COC1=CC(F)=CC=CC1. The molecule has 0 N–H and O–H groups in total. The van der Waals surface area contributed by atoms with Crippen molar-refractivity contribution in [1.82, 2.24) is 0 Å². The number of allylic oxidation sites excluding steroid dienone is 5. The first-order valence-electron chi connectivity index (χ1n) is 3.12. The average Bonchev–Trinajstić information content (AvgIpc) is 2.15. The molecule has 0 fully saturated rings. The van der Waals surface area contributed by atoms with Crippen LogP contribution in [0.3, 0.4) is 0 Å². The molecule has 1 aliphatic rings. The molecule has 0 aromatic heterocycles. The normalized spacial score (nSPS) is 16.0. The molecule has 1 aliphatic carbocycles. The van der Waals surface area contributed by atoms with E-state index in [2.05, 4.69) is 4.74 Å². The highest BCUT2D eigenvalue weighted by Gasteiger charge is 2.00. The average molecular weight is 151 g/mol. The van der Waals surface area contributed by atoms with E-state index in [1.165, 1.54) is 18.4 Å².